The molecule has 4 nitrogen and oxygen atoms in total. The van der Waals surface area contributed by atoms with Crippen molar-refractivity contribution in [1.29, 1.82) is 0 Å². The number of nitrogens with zero attached hydrogens (tertiary/aromatic N) is 2. The Morgan fingerprint density at radius 2 is 2.04 bits per heavy atom. The molecule has 0 bridgehead atoms. The molecule has 1 aliphatic rings. The summed E-state index contributed by atoms with van der Waals surface area (Å²) in [5.41, 5.74) is 3.62. The largest absolute Gasteiger partial charge is 0.345 e. The molecule has 0 unspecified atom stereocenters. The van der Waals surface area contributed by atoms with Gasteiger partial charge < -0.3 is 5.32 Å². The maximum Gasteiger partial charge on any atom is 0.252 e. The Morgan fingerprint density at radius 3 is 2.79 bits per heavy atom. The molecule has 4 heteroatoms. The highest BCUT2D eigenvalue weighted by atomic mass is 16.1. The van der Waals surface area contributed by atoms with E-state index in [0.29, 0.717) is 11.5 Å². The molecular weight excluding hydrogens is 298 g/mol. The van der Waals surface area contributed by atoms with Crippen molar-refractivity contribution in [2.24, 2.45) is 0 Å². The predicted molar refractivity (Wildman–Crippen MR) is 93.8 cm³/mol. The monoisotopic (exact) mass is 317 g/mol. The van der Waals surface area contributed by atoms with Crippen molar-refractivity contribution < 1.29 is 4.79 Å². The molecule has 1 amide bonds. The number of benzene rings is 1. The fourth-order valence-electron chi connectivity index (χ4n) is 2.96. The highest BCUT2D eigenvalue weighted by Gasteiger charge is 2.27. The van der Waals surface area contributed by atoms with Gasteiger partial charge in [0.25, 0.3) is 5.91 Å². The lowest BCUT2D eigenvalue weighted by atomic mass is 10.0. The van der Waals surface area contributed by atoms with Gasteiger partial charge in [0.15, 0.2) is 0 Å². The van der Waals surface area contributed by atoms with E-state index < -0.39 is 0 Å². The molecule has 1 N–H and O–H groups in total. The van der Waals surface area contributed by atoms with Crippen LogP contribution in [0.25, 0.3) is 10.9 Å². The number of para-hydroxylation sites is 1. The summed E-state index contributed by atoms with van der Waals surface area (Å²) >= 11 is 0. The van der Waals surface area contributed by atoms with E-state index >= 15 is 0 Å². The summed E-state index contributed by atoms with van der Waals surface area (Å²) < 4.78 is 0. The van der Waals surface area contributed by atoms with Crippen LogP contribution >= 0.6 is 0 Å². The minimum atomic E-state index is -0.0949. The summed E-state index contributed by atoms with van der Waals surface area (Å²) in [5, 5.41) is 3.99. The average molecular weight is 317 g/mol. The predicted octanol–water partition coefficient (Wildman–Crippen LogP) is 4.00. The van der Waals surface area contributed by atoms with E-state index in [4.69, 9.17) is 4.98 Å². The minimum absolute atomic E-state index is 0.0631. The smallest absolute Gasteiger partial charge is 0.252 e. The molecule has 1 saturated carbocycles. The van der Waals surface area contributed by atoms with Gasteiger partial charge in [-0.3, -0.25) is 14.8 Å². The quantitative estimate of drug-likeness (QED) is 0.791. The van der Waals surface area contributed by atoms with E-state index in [2.05, 4.69) is 10.3 Å². The summed E-state index contributed by atoms with van der Waals surface area (Å²) in [6.45, 7) is 1.97. The second-order valence-electron chi connectivity index (χ2n) is 6.37. The first kappa shape index (κ1) is 14.8. The Morgan fingerprint density at radius 1 is 1.21 bits per heavy atom. The van der Waals surface area contributed by atoms with Gasteiger partial charge in [-0.05, 0) is 43.5 Å². The Kier molecular flexibility index (Phi) is 3.73. The van der Waals surface area contributed by atoms with E-state index in [9.17, 15) is 4.79 Å². The molecule has 1 atom stereocenters. The molecule has 4 rings (SSSR count). The maximum atomic E-state index is 12.9. The number of aromatic nitrogens is 2. The Bertz CT molecular complexity index is 888. The van der Waals surface area contributed by atoms with E-state index in [1.807, 2.05) is 49.4 Å². The van der Waals surface area contributed by atoms with Crippen LogP contribution in [0.5, 0.6) is 0 Å². The number of amides is 1. The number of pyridine rings is 2. The number of rotatable bonds is 4. The topological polar surface area (TPSA) is 54.9 Å². The fourth-order valence-corrected chi connectivity index (χ4v) is 2.96. The van der Waals surface area contributed by atoms with Crippen LogP contribution in [0.4, 0.5) is 0 Å². The Hall–Kier alpha value is -2.75. The molecule has 0 aliphatic heterocycles. The van der Waals surface area contributed by atoms with Gasteiger partial charge >= 0.3 is 0 Å². The van der Waals surface area contributed by atoms with Gasteiger partial charge in [-0.15, -0.1) is 0 Å². The zero-order valence-corrected chi connectivity index (χ0v) is 13.6. The molecule has 2 aromatic heterocycles. The maximum absolute atomic E-state index is 12.9. The lowest BCUT2D eigenvalue weighted by molar-refractivity contribution is 0.0941. The molecular formula is C20H19N3O. The first-order valence-corrected chi connectivity index (χ1v) is 8.33. The molecule has 0 spiro atoms. The van der Waals surface area contributed by atoms with Crippen molar-refractivity contribution in [1.82, 2.24) is 15.3 Å². The summed E-state index contributed by atoms with van der Waals surface area (Å²) in [6.07, 6.45) is 5.85. The molecule has 120 valence electrons. The van der Waals surface area contributed by atoms with Crippen LogP contribution in [0.15, 0.2) is 54.9 Å². The molecule has 1 fully saturated rings. The number of carbonyl (C=O) groups excluding carboxylic acids is 1. The van der Waals surface area contributed by atoms with Crippen molar-refractivity contribution in [3.63, 3.8) is 0 Å². The van der Waals surface area contributed by atoms with Crippen LogP contribution in [0.1, 0.15) is 53.3 Å². The summed E-state index contributed by atoms with van der Waals surface area (Å²) in [4.78, 5) is 21.7. The lowest BCUT2D eigenvalue weighted by Crippen LogP contribution is -2.27. The lowest BCUT2D eigenvalue weighted by Gasteiger charge is -2.15. The van der Waals surface area contributed by atoms with Crippen molar-refractivity contribution in [2.45, 2.75) is 31.7 Å². The SMILES string of the molecule is C[C@@H](NC(=O)c1cc(C2CC2)nc2ccccc12)c1cccnc1. The van der Waals surface area contributed by atoms with Gasteiger partial charge in [0.1, 0.15) is 0 Å². The van der Waals surface area contributed by atoms with Crippen LogP contribution in [0.2, 0.25) is 0 Å². The van der Waals surface area contributed by atoms with E-state index in [1.165, 1.54) is 12.8 Å². The van der Waals surface area contributed by atoms with Gasteiger partial charge in [0.05, 0.1) is 17.1 Å². The number of nitrogens with one attached hydrogen (secondary N) is 1. The average Bonchev–Trinajstić information content (AvgIpc) is 3.46. The van der Waals surface area contributed by atoms with Crippen LogP contribution in [-0.2, 0) is 0 Å². The van der Waals surface area contributed by atoms with Crippen molar-refractivity contribution in [3.05, 3.63) is 71.7 Å². The third-order valence-electron chi connectivity index (χ3n) is 4.51. The number of hydrogen-bond donors (Lipinski definition) is 1. The van der Waals surface area contributed by atoms with Crippen LogP contribution in [0, 0.1) is 0 Å². The highest BCUT2D eigenvalue weighted by Crippen LogP contribution is 2.40. The van der Waals surface area contributed by atoms with E-state index in [-0.39, 0.29) is 11.9 Å². The fraction of sp³-hybridized carbons (Fsp3) is 0.250. The minimum Gasteiger partial charge on any atom is -0.345 e. The third kappa shape index (κ3) is 2.87. The molecule has 2 heterocycles. The van der Waals surface area contributed by atoms with Crippen molar-refractivity contribution >= 4 is 16.8 Å². The second kappa shape index (κ2) is 6.04. The van der Waals surface area contributed by atoms with Gasteiger partial charge in [-0.1, -0.05) is 24.3 Å². The van der Waals surface area contributed by atoms with Gasteiger partial charge in [0, 0.05) is 29.4 Å². The van der Waals surface area contributed by atoms with Crippen molar-refractivity contribution in [3.8, 4) is 0 Å². The Labute approximate surface area is 141 Å². The first-order chi connectivity index (χ1) is 11.7. The van der Waals surface area contributed by atoms with E-state index in [1.54, 1.807) is 12.4 Å². The Balaban J connectivity index is 1.68. The number of hydrogen-bond acceptors (Lipinski definition) is 3. The molecule has 0 radical (unpaired) electrons. The standard InChI is InChI=1S/C20H19N3O/c1-13(15-5-4-10-21-12-15)22-20(24)17-11-19(14-8-9-14)23-18-7-3-2-6-16(17)18/h2-7,10-14H,8-9H2,1H3,(H,22,24)/t13-/m1/s1. The summed E-state index contributed by atoms with van der Waals surface area (Å²) in [6, 6.07) is 13.6. The van der Waals surface area contributed by atoms with Crippen molar-refractivity contribution in [2.75, 3.05) is 0 Å². The third-order valence-corrected chi connectivity index (χ3v) is 4.51. The van der Waals surface area contributed by atoms with Gasteiger partial charge in [-0.2, -0.15) is 0 Å². The summed E-state index contributed by atoms with van der Waals surface area (Å²) in [7, 11) is 0. The van der Waals surface area contributed by atoms with Gasteiger partial charge in [0.2, 0.25) is 0 Å². The molecule has 1 aromatic carbocycles. The second-order valence-corrected chi connectivity index (χ2v) is 6.37. The number of fused-ring (bicyclic) bond motifs is 1. The van der Waals surface area contributed by atoms with Crippen LogP contribution < -0.4 is 5.32 Å². The normalized spacial score (nSPS) is 15.2. The van der Waals surface area contributed by atoms with E-state index in [0.717, 1.165) is 22.2 Å². The molecule has 1 aliphatic carbocycles. The molecule has 3 aromatic rings. The molecule has 24 heavy (non-hydrogen) atoms. The first-order valence-electron chi connectivity index (χ1n) is 8.33. The van der Waals surface area contributed by atoms with Gasteiger partial charge in [-0.25, -0.2) is 0 Å². The number of carbonyl (C=O) groups is 1. The van der Waals surface area contributed by atoms with Crippen LogP contribution in [-0.4, -0.2) is 15.9 Å². The summed E-state index contributed by atoms with van der Waals surface area (Å²) in [5.74, 6) is 0.448. The molecule has 0 saturated heterocycles. The van der Waals surface area contributed by atoms with Crippen LogP contribution in [0.3, 0.4) is 0 Å². The highest BCUT2D eigenvalue weighted by molar-refractivity contribution is 6.06. The zero-order chi connectivity index (χ0) is 16.5. The zero-order valence-electron chi connectivity index (χ0n) is 13.6.